The number of benzene rings is 1. The minimum absolute atomic E-state index is 0.0116. The monoisotopic (exact) mass is 308 g/mol. The highest BCUT2D eigenvalue weighted by atomic mass is 32.2. The molecule has 2 heterocycles. The van der Waals surface area contributed by atoms with Crippen molar-refractivity contribution in [2.45, 2.75) is 23.8 Å². The van der Waals surface area contributed by atoms with Gasteiger partial charge in [0.2, 0.25) is 11.9 Å². The van der Waals surface area contributed by atoms with Crippen LogP contribution in [0, 0.1) is 0 Å². The lowest BCUT2D eigenvalue weighted by atomic mass is 10.1. The molecule has 1 aliphatic heterocycles. The van der Waals surface area contributed by atoms with Crippen molar-refractivity contribution in [3.05, 3.63) is 18.2 Å². The number of nitrogens with zero attached hydrogens (tertiary/aromatic N) is 2. The van der Waals surface area contributed by atoms with Crippen molar-refractivity contribution in [3.63, 3.8) is 0 Å². The molecule has 1 aromatic carbocycles. The average Bonchev–Trinajstić information content (AvgIpc) is 2.74. The summed E-state index contributed by atoms with van der Waals surface area (Å²) in [5.41, 5.74) is 7.04. The van der Waals surface area contributed by atoms with Crippen molar-refractivity contribution in [1.82, 2.24) is 14.9 Å². The van der Waals surface area contributed by atoms with Gasteiger partial charge in [-0.15, -0.1) is 0 Å². The Hall–Kier alpha value is -2.09. The van der Waals surface area contributed by atoms with Crippen LogP contribution in [0.3, 0.4) is 0 Å². The Morgan fingerprint density at radius 1 is 1.43 bits per heavy atom. The van der Waals surface area contributed by atoms with Crippen LogP contribution in [0.5, 0.6) is 0 Å². The molecule has 1 saturated heterocycles. The highest BCUT2D eigenvalue weighted by molar-refractivity contribution is 7.91. The molecule has 112 valence electrons. The van der Waals surface area contributed by atoms with Gasteiger partial charge in [-0.25, -0.2) is 13.4 Å². The summed E-state index contributed by atoms with van der Waals surface area (Å²) in [6, 6.07) is 4.99. The van der Waals surface area contributed by atoms with E-state index in [1.165, 1.54) is 6.07 Å². The van der Waals surface area contributed by atoms with E-state index in [2.05, 4.69) is 10.3 Å². The number of fused-ring (bicyclic) bond motifs is 1. The first-order valence-corrected chi connectivity index (χ1v) is 8.50. The number of sulfone groups is 1. The highest BCUT2D eigenvalue weighted by Gasteiger charge is 2.25. The number of amides is 1. The second-order valence-electron chi connectivity index (χ2n) is 5.23. The number of piperidine rings is 1. The maximum atomic E-state index is 11.8. The standard InChI is InChI=1S/C13H16N4O3S/c1-21(19,20)10-4-2-3-9-12(10)16-13(14)17(9)8-5-6-11(18)15-7-8/h2-4,8H,5-7H2,1H3,(H2,14,16)(H,15,18). The predicted octanol–water partition coefficient (Wildman–Crippen LogP) is 0.473. The minimum atomic E-state index is -3.37. The van der Waals surface area contributed by atoms with Gasteiger partial charge >= 0.3 is 0 Å². The average molecular weight is 308 g/mol. The summed E-state index contributed by atoms with van der Waals surface area (Å²) in [6.45, 7) is 0.470. The molecule has 1 aromatic heterocycles. The van der Waals surface area contributed by atoms with Crippen molar-refractivity contribution in [3.8, 4) is 0 Å². The van der Waals surface area contributed by atoms with Crippen LogP contribution in [0.4, 0.5) is 5.95 Å². The number of carbonyl (C=O) groups is 1. The Bertz CT molecular complexity index is 815. The van der Waals surface area contributed by atoms with Crippen LogP contribution in [0.2, 0.25) is 0 Å². The van der Waals surface area contributed by atoms with Crippen LogP contribution >= 0.6 is 0 Å². The number of nitrogens with two attached hydrogens (primary N) is 1. The van der Waals surface area contributed by atoms with E-state index >= 15 is 0 Å². The van der Waals surface area contributed by atoms with Gasteiger partial charge in [-0.2, -0.15) is 0 Å². The van der Waals surface area contributed by atoms with Crippen molar-refractivity contribution in [2.75, 3.05) is 18.5 Å². The molecule has 7 nitrogen and oxygen atoms in total. The SMILES string of the molecule is CS(=O)(=O)c1cccc2c1nc(N)n2C1CCC(=O)NC1. The van der Waals surface area contributed by atoms with E-state index in [0.29, 0.717) is 30.4 Å². The van der Waals surface area contributed by atoms with Gasteiger partial charge in [0, 0.05) is 19.2 Å². The molecule has 1 fully saturated rings. The number of anilines is 1. The van der Waals surface area contributed by atoms with Crippen molar-refractivity contribution in [1.29, 1.82) is 0 Å². The number of nitrogen functional groups attached to an aromatic ring is 1. The summed E-state index contributed by atoms with van der Waals surface area (Å²) in [4.78, 5) is 15.7. The second kappa shape index (κ2) is 4.73. The third-order valence-corrected chi connectivity index (χ3v) is 4.84. The number of hydrogen-bond donors (Lipinski definition) is 2. The van der Waals surface area contributed by atoms with E-state index < -0.39 is 9.84 Å². The molecule has 3 rings (SSSR count). The first-order chi connectivity index (χ1) is 9.88. The lowest BCUT2D eigenvalue weighted by Gasteiger charge is -2.25. The van der Waals surface area contributed by atoms with E-state index in [4.69, 9.17) is 5.73 Å². The third-order valence-electron chi connectivity index (χ3n) is 3.71. The van der Waals surface area contributed by atoms with Crippen molar-refractivity contribution in [2.24, 2.45) is 0 Å². The lowest BCUT2D eigenvalue weighted by molar-refractivity contribution is -0.122. The summed E-state index contributed by atoms with van der Waals surface area (Å²) in [5, 5.41) is 2.80. The zero-order valence-corrected chi connectivity index (χ0v) is 12.4. The van der Waals surface area contributed by atoms with E-state index in [-0.39, 0.29) is 22.8 Å². The Kier molecular flexibility index (Phi) is 3.12. The number of aromatic nitrogens is 2. The maximum Gasteiger partial charge on any atom is 0.220 e. The fourth-order valence-corrected chi connectivity index (χ4v) is 3.56. The molecule has 0 bridgehead atoms. The molecular formula is C13H16N4O3S. The quantitative estimate of drug-likeness (QED) is 0.838. The maximum absolute atomic E-state index is 11.8. The Labute approximate surface area is 122 Å². The molecule has 0 aliphatic carbocycles. The molecule has 2 aromatic rings. The topological polar surface area (TPSA) is 107 Å². The number of rotatable bonds is 2. The first kappa shape index (κ1) is 13.9. The van der Waals surface area contributed by atoms with Crippen molar-refractivity contribution >= 4 is 32.7 Å². The Balaban J connectivity index is 2.17. The zero-order valence-electron chi connectivity index (χ0n) is 11.5. The van der Waals surface area contributed by atoms with Crippen molar-refractivity contribution < 1.29 is 13.2 Å². The van der Waals surface area contributed by atoms with E-state index in [9.17, 15) is 13.2 Å². The smallest absolute Gasteiger partial charge is 0.220 e. The minimum Gasteiger partial charge on any atom is -0.369 e. The molecule has 21 heavy (non-hydrogen) atoms. The molecule has 0 radical (unpaired) electrons. The normalized spacial score (nSPS) is 19.7. The first-order valence-electron chi connectivity index (χ1n) is 6.61. The molecule has 0 saturated carbocycles. The molecule has 8 heteroatoms. The summed E-state index contributed by atoms with van der Waals surface area (Å²) in [7, 11) is -3.37. The fraction of sp³-hybridized carbons (Fsp3) is 0.385. The largest absolute Gasteiger partial charge is 0.369 e. The van der Waals surface area contributed by atoms with Crippen LogP contribution in [0.1, 0.15) is 18.9 Å². The lowest BCUT2D eigenvalue weighted by Crippen LogP contribution is -2.36. The Morgan fingerprint density at radius 3 is 2.81 bits per heavy atom. The summed E-state index contributed by atoms with van der Waals surface area (Å²) in [6.07, 6.45) is 2.23. The molecule has 1 aliphatic rings. The van der Waals surface area contributed by atoms with Gasteiger partial charge in [0.15, 0.2) is 9.84 Å². The van der Waals surface area contributed by atoms with Gasteiger partial charge in [0.1, 0.15) is 5.52 Å². The van der Waals surface area contributed by atoms with Crippen LogP contribution in [0.15, 0.2) is 23.1 Å². The van der Waals surface area contributed by atoms with Gasteiger partial charge in [-0.3, -0.25) is 4.79 Å². The molecule has 0 spiro atoms. The van der Waals surface area contributed by atoms with Gasteiger partial charge in [0.05, 0.1) is 16.5 Å². The molecule has 1 amide bonds. The summed E-state index contributed by atoms with van der Waals surface area (Å²) < 4.78 is 25.5. The van der Waals surface area contributed by atoms with E-state index in [1.54, 1.807) is 12.1 Å². The van der Waals surface area contributed by atoms with Crippen LogP contribution < -0.4 is 11.1 Å². The summed E-state index contributed by atoms with van der Waals surface area (Å²) >= 11 is 0. The number of imidazole rings is 1. The highest BCUT2D eigenvalue weighted by Crippen LogP contribution is 2.30. The molecular weight excluding hydrogens is 292 g/mol. The number of nitrogens with one attached hydrogen (secondary N) is 1. The van der Waals surface area contributed by atoms with E-state index in [1.807, 2.05) is 4.57 Å². The second-order valence-corrected chi connectivity index (χ2v) is 7.22. The van der Waals surface area contributed by atoms with Gasteiger partial charge in [0.25, 0.3) is 0 Å². The van der Waals surface area contributed by atoms with Crippen LogP contribution in [0.25, 0.3) is 11.0 Å². The Morgan fingerprint density at radius 2 is 2.19 bits per heavy atom. The van der Waals surface area contributed by atoms with Crippen LogP contribution in [-0.2, 0) is 14.6 Å². The third kappa shape index (κ3) is 2.35. The van der Waals surface area contributed by atoms with Gasteiger partial charge in [-0.1, -0.05) is 6.07 Å². The zero-order chi connectivity index (χ0) is 15.2. The summed E-state index contributed by atoms with van der Waals surface area (Å²) in [5.74, 6) is 0.285. The number of para-hydroxylation sites is 1. The fourth-order valence-electron chi connectivity index (χ4n) is 2.73. The van der Waals surface area contributed by atoms with Gasteiger partial charge in [-0.05, 0) is 18.6 Å². The van der Waals surface area contributed by atoms with Crippen LogP contribution in [-0.4, -0.2) is 36.7 Å². The molecule has 1 atom stereocenters. The predicted molar refractivity (Wildman–Crippen MR) is 78.5 cm³/mol. The number of hydrogen-bond acceptors (Lipinski definition) is 5. The molecule has 3 N–H and O–H groups in total. The van der Waals surface area contributed by atoms with E-state index in [0.717, 1.165) is 6.26 Å². The number of carbonyl (C=O) groups excluding carboxylic acids is 1. The van der Waals surface area contributed by atoms with Gasteiger partial charge < -0.3 is 15.6 Å². The molecule has 1 unspecified atom stereocenters.